The van der Waals surface area contributed by atoms with Gasteiger partial charge in [-0.15, -0.1) is 23.1 Å². The van der Waals surface area contributed by atoms with Crippen LogP contribution in [-0.2, 0) is 0 Å². The second kappa shape index (κ2) is 5.88. The molecule has 0 aromatic carbocycles. The van der Waals surface area contributed by atoms with Crippen LogP contribution in [0.5, 0.6) is 0 Å². The summed E-state index contributed by atoms with van der Waals surface area (Å²) in [5, 5.41) is 13.2. The van der Waals surface area contributed by atoms with E-state index in [9.17, 15) is 0 Å². The number of hydrogen-bond donors (Lipinski definition) is 2. The predicted molar refractivity (Wildman–Crippen MR) is 57.7 cm³/mol. The molecule has 1 aromatic heterocycles. The fraction of sp³-hybridized carbons (Fsp3) is 0.375. The van der Waals surface area contributed by atoms with Crippen molar-refractivity contribution in [2.24, 2.45) is 10.9 Å². The Morgan fingerprint density at radius 3 is 3.15 bits per heavy atom. The normalized spacial score (nSPS) is 11.8. The van der Waals surface area contributed by atoms with Crippen LogP contribution in [0.15, 0.2) is 26.9 Å². The molecule has 0 aliphatic heterocycles. The fourth-order valence-corrected chi connectivity index (χ4v) is 2.62. The predicted octanol–water partition coefficient (Wildman–Crippen LogP) is 2.37. The molecule has 3 nitrogen and oxygen atoms in total. The summed E-state index contributed by atoms with van der Waals surface area (Å²) >= 11 is 3.55. The molecule has 1 aromatic rings. The Morgan fingerprint density at radius 2 is 2.54 bits per heavy atom. The van der Waals surface area contributed by atoms with E-state index in [0.29, 0.717) is 12.3 Å². The first kappa shape index (κ1) is 10.4. The van der Waals surface area contributed by atoms with E-state index in [1.165, 1.54) is 4.21 Å². The van der Waals surface area contributed by atoms with Crippen LogP contribution in [-0.4, -0.2) is 16.8 Å². The van der Waals surface area contributed by atoms with E-state index in [1.807, 2.05) is 6.07 Å². The van der Waals surface area contributed by atoms with E-state index in [2.05, 4.69) is 16.6 Å². The number of thioether (sulfide) groups is 1. The zero-order valence-corrected chi connectivity index (χ0v) is 8.77. The Hall–Kier alpha value is -0.680. The molecule has 0 spiro atoms. The Labute approximate surface area is 85.6 Å². The molecule has 0 aliphatic rings. The number of nitrogens with zero attached hydrogens (tertiary/aromatic N) is 1. The van der Waals surface area contributed by atoms with Crippen molar-refractivity contribution in [3.8, 4) is 0 Å². The molecule has 72 valence electrons. The lowest BCUT2D eigenvalue weighted by atomic mass is 10.3. The molecule has 5 heteroatoms. The van der Waals surface area contributed by atoms with E-state index in [1.54, 1.807) is 23.1 Å². The number of amidine groups is 1. The lowest BCUT2D eigenvalue weighted by molar-refractivity contribution is 0.317. The van der Waals surface area contributed by atoms with Crippen molar-refractivity contribution in [3.63, 3.8) is 0 Å². The zero-order valence-electron chi connectivity index (χ0n) is 7.14. The average Bonchev–Trinajstić information content (AvgIpc) is 2.64. The van der Waals surface area contributed by atoms with Crippen LogP contribution in [0.2, 0.25) is 0 Å². The quantitative estimate of drug-likeness (QED) is 0.198. The highest BCUT2D eigenvalue weighted by atomic mass is 32.2. The van der Waals surface area contributed by atoms with Crippen molar-refractivity contribution in [1.29, 1.82) is 0 Å². The van der Waals surface area contributed by atoms with Gasteiger partial charge in [-0.05, 0) is 23.6 Å². The molecular formula is C8H12N2OS2. The Kier molecular flexibility index (Phi) is 4.70. The maximum atomic E-state index is 8.28. The van der Waals surface area contributed by atoms with Crippen molar-refractivity contribution >= 4 is 28.9 Å². The second-order valence-corrected chi connectivity index (χ2v) is 4.82. The van der Waals surface area contributed by atoms with Crippen molar-refractivity contribution in [1.82, 2.24) is 0 Å². The minimum atomic E-state index is 0.312. The summed E-state index contributed by atoms with van der Waals surface area (Å²) in [7, 11) is 0. The number of thiophene rings is 1. The molecule has 0 saturated carbocycles. The standard InChI is InChI=1S/C8H12N2OS2/c9-7(10-11)3-1-5-12-8-4-2-6-13-8/h2,4,6,11H,1,3,5H2,(H2,9,10). The maximum absolute atomic E-state index is 8.28. The van der Waals surface area contributed by atoms with Crippen LogP contribution in [0.25, 0.3) is 0 Å². The molecule has 1 heterocycles. The van der Waals surface area contributed by atoms with Gasteiger partial charge in [0, 0.05) is 6.42 Å². The van der Waals surface area contributed by atoms with E-state index >= 15 is 0 Å². The highest BCUT2D eigenvalue weighted by Crippen LogP contribution is 2.23. The van der Waals surface area contributed by atoms with Crippen molar-refractivity contribution in [3.05, 3.63) is 17.5 Å². The molecule has 0 radical (unpaired) electrons. The number of nitrogens with two attached hydrogens (primary N) is 1. The van der Waals surface area contributed by atoms with Crippen molar-refractivity contribution in [2.75, 3.05) is 5.75 Å². The Bertz CT molecular complexity index is 259. The third kappa shape index (κ3) is 4.19. The lowest BCUT2D eigenvalue weighted by Crippen LogP contribution is -2.11. The Morgan fingerprint density at radius 1 is 1.69 bits per heavy atom. The van der Waals surface area contributed by atoms with E-state index in [4.69, 9.17) is 10.9 Å². The molecule has 0 fully saturated rings. The summed E-state index contributed by atoms with van der Waals surface area (Å²) in [5.41, 5.74) is 5.33. The first-order valence-electron chi connectivity index (χ1n) is 3.95. The zero-order chi connectivity index (χ0) is 9.52. The van der Waals surface area contributed by atoms with Gasteiger partial charge in [0.1, 0.15) is 5.84 Å². The lowest BCUT2D eigenvalue weighted by Gasteiger charge is -1.97. The van der Waals surface area contributed by atoms with Gasteiger partial charge in [0.15, 0.2) is 0 Å². The number of rotatable bonds is 5. The topological polar surface area (TPSA) is 58.6 Å². The highest BCUT2D eigenvalue weighted by Gasteiger charge is 1.96. The van der Waals surface area contributed by atoms with Crippen LogP contribution in [0.4, 0.5) is 0 Å². The summed E-state index contributed by atoms with van der Waals surface area (Å²) in [4.78, 5) is 0. The SMILES string of the molecule is N/C(CCCSc1cccs1)=N\O. The average molecular weight is 216 g/mol. The monoisotopic (exact) mass is 216 g/mol. The summed E-state index contributed by atoms with van der Waals surface area (Å²) in [6, 6.07) is 4.13. The van der Waals surface area contributed by atoms with Crippen LogP contribution in [0.1, 0.15) is 12.8 Å². The van der Waals surface area contributed by atoms with Crippen LogP contribution >= 0.6 is 23.1 Å². The van der Waals surface area contributed by atoms with Crippen molar-refractivity contribution in [2.45, 2.75) is 17.1 Å². The molecule has 0 amide bonds. The first-order valence-corrected chi connectivity index (χ1v) is 5.82. The van der Waals surface area contributed by atoms with Crippen LogP contribution in [0.3, 0.4) is 0 Å². The fourth-order valence-electron chi connectivity index (χ4n) is 0.822. The van der Waals surface area contributed by atoms with Gasteiger partial charge >= 0.3 is 0 Å². The molecule has 13 heavy (non-hydrogen) atoms. The van der Waals surface area contributed by atoms with E-state index < -0.39 is 0 Å². The molecule has 0 bridgehead atoms. The highest BCUT2D eigenvalue weighted by molar-refractivity contribution is 8.01. The molecule has 3 N–H and O–H groups in total. The van der Waals surface area contributed by atoms with Gasteiger partial charge in [-0.3, -0.25) is 0 Å². The number of hydrogen-bond acceptors (Lipinski definition) is 4. The smallest absolute Gasteiger partial charge is 0.139 e. The maximum Gasteiger partial charge on any atom is 0.139 e. The summed E-state index contributed by atoms with van der Waals surface area (Å²) in [6.07, 6.45) is 1.60. The molecule has 0 saturated heterocycles. The van der Waals surface area contributed by atoms with Gasteiger partial charge in [-0.25, -0.2) is 0 Å². The van der Waals surface area contributed by atoms with Gasteiger partial charge in [0.25, 0.3) is 0 Å². The third-order valence-electron chi connectivity index (χ3n) is 1.45. The van der Waals surface area contributed by atoms with E-state index in [0.717, 1.165) is 12.2 Å². The summed E-state index contributed by atoms with van der Waals surface area (Å²) < 4.78 is 1.32. The molecule has 0 unspecified atom stereocenters. The van der Waals surface area contributed by atoms with Crippen LogP contribution in [0, 0.1) is 0 Å². The van der Waals surface area contributed by atoms with Gasteiger partial charge in [-0.1, -0.05) is 11.2 Å². The van der Waals surface area contributed by atoms with Gasteiger partial charge < -0.3 is 10.9 Å². The molecular weight excluding hydrogens is 204 g/mol. The largest absolute Gasteiger partial charge is 0.409 e. The summed E-state index contributed by atoms with van der Waals surface area (Å²) in [6.45, 7) is 0. The molecule has 0 aliphatic carbocycles. The van der Waals surface area contributed by atoms with Crippen LogP contribution < -0.4 is 5.73 Å². The third-order valence-corrected chi connectivity index (χ3v) is 3.66. The Balaban J connectivity index is 2.08. The minimum absolute atomic E-state index is 0.312. The first-order chi connectivity index (χ1) is 6.33. The number of oxime groups is 1. The van der Waals surface area contributed by atoms with E-state index in [-0.39, 0.29) is 0 Å². The van der Waals surface area contributed by atoms with Crippen molar-refractivity contribution < 1.29 is 5.21 Å². The summed E-state index contributed by atoms with van der Waals surface area (Å²) in [5.74, 6) is 1.32. The second-order valence-electron chi connectivity index (χ2n) is 2.48. The van der Waals surface area contributed by atoms with Gasteiger partial charge in [-0.2, -0.15) is 0 Å². The minimum Gasteiger partial charge on any atom is -0.409 e. The van der Waals surface area contributed by atoms with Gasteiger partial charge in [0.05, 0.1) is 4.21 Å². The van der Waals surface area contributed by atoms with Gasteiger partial charge in [0.2, 0.25) is 0 Å². The molecule has 1 rings (SSSR count). The molecule has 0 atom stereocenters.